The lowest BCUT2D eigenvalue weighted by molar-refractivity contribution is 0.234. The second kappa shape index (κ2) is 34.5. The zero-order chi connectivity index (χ0) is 44.3. The van der Waals surface area contributed by atoms with Crippen LogP contribution >= 0.6 is 0 Å². The molecule has 4 rings (SSSR count). The molecule has 0 N–H and O–H groups in total. The van der Waals surface area contributed by atoms with Crippen LogP contribution in [0.15, 0.2) is 79.0 Å². The molecule has 2 aromatic carbocycles. The number of pyridine rings is 2. The van der Waals surface area contributed by atoms with E-state index in [9.17, 15) is 0 Å². The van der Waals surface area contributed by atoms with Crippen LogP contribution in [0.2, 0.25) is 0 Å². The van der Waals surface area contributed by atoms with Crippen molar-refractivity contribution in [2.45, 2.75) is 213 Å². The van der Waals surface area contributed by atoms with Gasteiger partial charge in [-0.05, 0) is 66.8 Å². The first kappa shape index (κ1) is 51.8. The highest BCUT2D eigenvalue weighted by Gasteiger charge is 2.19. The predicted octanol–water partition coefficient (Wildman–Crippen LogP) is 18.4. The predicted molar refractivity (Wildman–Crippen MR) is 270 cm³/mol. The van der Waals surface area contributed by atoms with Gasteiger partial charge in [-0.1, -0.05) is 231 Å². The van der Waals surface area contributed by atoms with Crippen molar-refractivity contribution in [1.82, 2.24) is 9.97 Å². The van der Waals surface area contributed by atoms with Gasteiger partial charge in [0.15, 0.2) is 11.5 Å². The lowest BCUT2D eigenvalue weighted by atomic mass is 10.00. The van der Waals surface area contributed by atoms with Crippen LogP contribution in [0.3, 0.4) is 0 Å². The van der Waals surface area contributed by atoms with Gasteiger partial charge in [0, 0.05) is 11.8 Å². The Hall–Kier alpha value is -3.86. The average Bonchev–Trinajstić information content (AvgIpc) is 3.32. The van der Waals surface area contributed by atoms with E-state index in [1.54, 1.807) is 0 Å². The SMILES string of the molecule is CCCCCCCCCCCCOc1cc(-c2cc(-c3ccccc3)nc(-c3ccccn3)c2)cc(OCCCCCCCCCCCC)c1OCCCCCCCCCCCC. The topological polar surface area (TPSA) is 53.5 Å². The first-order valence-corrected chi connectivity index (χ1v) is 26.3. The molecule has 4 aromatic rings. The third kappa shape index (κ3) is 22.1. The van der Waals surface area contributed by atoms with Gasteiger partial charge in [-0.3, -0.25) is 4.98 Å². The maximum Gasteiger partial charge on any atom is 0.203 e. The molecule has 0 saturated carbocycles. The molecule has 0 spiro atoms. The van der Waals surface area contributed by atoms with Crippen molar-refractivity contribution in [3.05, 3.63) is 79.0 Å². The van der Waals surface area contributed by atoms with Crippen molar-refractivity contribution < 1.29 is 14.2 Å². The fourth-order valence-electron chi connectivity index (χ4n) is 8.51. The van der Waals surface area contributed by atoms with Crippen molar-refractivity contribution >= 4 is 0 Å². The van der Waals surface area contributed by atoms with E-state index < -0.39 is 0 Å². The first-order valence-electron chi connectivity index (χ1n) is 26.3. The Balaban J connectivity index is 1.53. The van der Waals surface area contributed by atoms with Gasteiger partial charge in [0.2, 0.25) is 5.75 Å². The number of benzene rings is 2. The molecule has 0 aliphatic heterocycles. The van der Waals surface area contributed by atoms with Crippen LogP contribution in [0, 0.1) is 0 Å². The maximum absolute atomic E-state index is 6.77. The molecule has 0 unspecified atom stereocenters. The lowest BCUT2D eigenvalue weighted by Gasteiger charge is -2.20. The minimum atomic E-state index is 0.663. The van der Waals surface area contributed by atoms with Gasteiger partial charge < -0.3 is 14.2 Å². The summed E-state index contributed by atoms with van der Waals surface area (Å²) in [7, 11) is 0. The zero-order valence-electron chi connectivity index (χ0n) is 40.5. The highest BCUT2D eigenvalue weighted by Crippen LogP contribution is 2.43. The third-order valence-electron chi connectivity index (χ3n) is 12.4. The number of hydrogen-bond acceptors (Lipinski definition) is 5. The molecular formula is C58H88N2O3. The number of aromatic nitrogens is 2. The first-order chi connectivity index (χ1) is 31.2. The Bertz CT molecular complexity index is 1590. The van der Waals surface area contributed by atoms with Gasteiger partial charge in [0.05, 0.1) is 36.9 Å². The Kier molecular flexibility index (Phi) is 28.4. The molecule has 0 amide bonds. The summed E-state index contributed by atoms with van der Waals surface area (Å²) in [5, 5.41) is 0. The minimum absolute atomic E-state index is 0.663. The molecule has 2 aromatic heterocycles. The molecular weight excluding hydrogens is 773 g/mol. The number of ether oxygens (including phenoxy) is 3. The van der Waals surface area contributed by atoms with Gasteiger partial charge in [-0.2, -0.15) is 0 Å². The molecule has 0 aliphatic carbocycles. The van der Waals surface area contributed by atoms with E-state index in [4.69, 9.17) is 24.2 Å². The second-order valence-electron chi connectivity index (χ2n) is 18.1. The highest BCUT2D eigenvalue weighted by molar-refractivity contribution is 5.78. The largest absolute Gasteiger partial charge is 0.490 e. The van der Waals surface area contributed by atoms with E-state index >= 15 is 0 Å². The molecule has 0 aliphatic rings. The van der Waals surface area contributed by atoms with Crippen LogP contribution in [0.1, 0.15) is 213 Å². The van der Waals surface area contributed by atoms with Crippen molar-refractivity contribution in [2.24, 2.45) is 0 Å². The molecule has 63 heavy (non-hydrogen) atoms. The molecule has 5 nitrogen and oxygen atoms in total. The zero-order valence-corrected chi connectivity index (χ0v) is 40.5. The van der Waals surface area contributed by atoms with Crippen molar-refractivity contribution in [3.63, 3.8) is 0 Å². The van der Waals surface area contributed by atoms with E-state index in [1.165, 1.54) is 173 Å². The van der Waals surface area contributed by atoms with Crippen molar-refractivity contribution in [1.29, 1.82) is 0 Å². The number of nitrogens with zero attached hydrogens (tertiary/aromatic N) is 2. The summed E-state index contributed by atoms with van der Waals surface area (Å²) >= 11 is 0. The van der Waals surface area contributed by atoms with Gasteiger partial charge in [-0.15, -0.1) is 0 Å². The van der Waals surface area contributed by atoms with E-state index in [0.717, 1.165) is 70.3 Å². The fourth-order valence-corrected chi connectivity index (χ4v) is 8.51. The average molecular weight is 861 g/mol. The molecule has 0 atom stereocenters. The molecule has 0 bridgehead atoms. The van der Waals surface area contributed by atoms with E-state index in [-0.39, 0.29) is 0 Å². The van der Waals surface area contributed by atoms with Gasteiger partial charge in [0.1, 0.15) is 0 Å². The Morgan fingerprint density at radius 3 is 1.14 bits per heavy atom. The number of rotatable bonds is 39. The summed E-state index contributed by atoms with van der Waals surface area (Å²) < 4.78 is 20.3. The van der Waals surface area contributed by atoms with E-state index in [1.807, 2.05) is 24.4 Å². The van der Waals surface area contributed by atoms with Crippen LogP contribution in [0.5, 0.6) is 17.2 Å². The Morgan fingerprint density at radius 2 is 0.714 bits per heavy atom. The van der Waals surface area contributed by atoms with Crippen LogP contribution in [0.4, 0.5) is 0 Å². The van der Waals surface area contributed by atoms with Gasteiger partial charge in [-0.25, -0.2) is 4.98 Å². The molecule has 2 heterocycles. The molecule has 0 radical (unpaired) electrons. The summed E-state index contributed by atoms with van der Waals surface area (Å²) in [4.78, 5) is 9.83. The summed E-state index contributed by atoms with van der Waals surface area (Å²) in [6, 6.07) is 25.2. The van der Waals surface area contributed by atoms with Crippen molar-refractivity contribution in [2.75, 3.05) is 19.8 Å². The second-order valence-corrected chi connectivity index (χ2v) is 18.1. The van der Waals surface area contributed by atoms with Crippen LogP contribution in [-0.4, -0.2) is 29.8 Å². The fraction of sp³-hybridized carbons (Fsp3) is 0.621. The third-order valence-corrected chi connectivity index (χ3v) is 12.4. The minimum Gasteiger partial charge on any atom is -0.490 e. The molecule has 0 saturated heterocycles. The van der Waals surface area contributed by atoms with Crippen LogP contribution in [0.25, 0.3) is 33.8 Å². The smallest absolute Gasteiger partial charge is 0.203 e. The Morgan fingerprint density at radius 1 is 0.333 bits per heavy atom. The summed E-state index contributed by atoms with van der Waals surface area (Å²) in [6.45, 7) is 8.87. The Labute approximate surface area is 386 Å². The normalized spacial score (nSPS) is 11.3. The van der Waals surface area contributed by atoms with Crippen LogP contribution < -0.4 is 14.2 Å². The number of hydrogen-bond donors (Lipinski definition) is 0. The molecule has 0 fully saturated rings. The highest BCUT2D eigenvalue weighted by atomic mass is 16.5. The summed E-state index contributed by atoms with van der Waals surface area (Å²) in [5.41, 5.74) is 5.77. The number of unbranched alkanes of at least 4 members (excludes halogenated alkanes) is 27. The maximum atomic E-state index is 6.77. The van der Waals surface area contributed by atoms with E-state index in [2.05, 4.69) is 75.4 Å². The quantitative estimate of drug-likeness (QED) is 0.0418. The lowest BCUT2D eigenvalue weighted by Crippen LogP contribution is -2.07. The van der Waals surface area contributed by atoms with Crippen molar-refractivity contribution in [3.8, 4) is 51.0 Å². The van der Waals surface area contributed by atoms with Gasteiger partial charge >= 0.3 is 0 Å². The molecule has 348 valence electrons. The summed E-state index contributed by atoms with van der Waals surface area (Å²) in [6.07, 6.45) is 40.7. The summed E-state index contributed by atoms with van der Waals surface area (Å²) in [5.74, 6) is 2.33. The van der Waals surface area contributed by atoms with Crippen LogP contribution in [-0.2, 0) is 0 Å². The standard InChI is InChI=1S/C58H88N2O3/c1-4-7-10-13-16-19-22-25-28-36-43-61-56-48-52(51-46-54(50-39-32-31-33-40-50)60-55(47-51)53-41-34-35-42-59-53)49-57(62-44-37-29-26-23-20-17-14-11-8-5-2)58(56)63-45-38-30-27-24-21-18-15-12-9-6-3/h31-35,39-42,46-49H,4-30,36-38,43-45H2,1-3H3. The van der Waals surface area contributed by atoms with E-state index in [0.29, 0.717) is 19.8 Å². The molecule has 5 heteroatoms. The van der Waals surface area contributed by atoms with Gasteiger partial charge in [0.25, 0.3) is 0 Å². The monoisotopic (exact) mass is 861 g/mol.